The monoisotopic (exact) mass is 305 g/mol. The van der Waals surface area contributed by atoms with Crippen molar-refractivity contribution in [3.8, 4) is 0 Å². The summed E-state index contributed by atoms with van der Waals surface area (Å²) in [5, 5.41) is 8.92. The molecule has 0 radical (unpaired) electrons. The molecular formula is C17H23NO4. The summed E-state index contributed by atoms with van der Waals surface area (Å²) in [7, 11) is 0. The lowest BCUT2D eigenvalue weighted by Crippen LogP contribution is -2.37. The molecule has 1 aromatic carbocycles. The van der Waals surface area contributed by atoms with E-state index < -0.39 is 11.6 Å². The van der Waals surface area contributed by atoms with Crippen molar-refractivity contribution >= 4 is 12.1 Å². The third-order valence-electron chi connectivity index (χ3n) is 3.40. The van der Waals surface area contributed by atoms with E-state index in [2.05, 4.69) is 0 Å². The van der Waals surface area contributed by atoms with Crippen LogP contribution in [0.4, 0.5) is 4.79 Å². The van der Waals surface area contributed by atoms with E-state index in [1.807, 2.05) is 20.8 Å². The Hall–Kier alpha value is -2.04. The second kappa shape index (κ2) is 6.38. The number of benzene rings is 1. The van der Waals surface area contributed by atoms with Gasteiger partial charge >= 0.3 is 12.1 Å². The molecule has 1 saturated carbocycles. The lowest BCUT2D eigenvalue weighted by molar-refractivity contribution is 0.0224. The Bertz CT molecular complexity index is 541. The number of carbonyl (C=O) groups excluding carboxylic acids is 1. The smallest absolute Gasteiger partial charge is 0.410 e. The number of nitrogens with zero attached hydrogens (tertiary/aromatic N) is 1. The van der Waals surface area contributed by atoms with Gasteiger partial charge in [-0.1, -0.05) is 12.1 Å². The van der Waals surface area contributed by atoms with Crippen LogP contribution in [0.5, 0.6) is 0 Å². The summed E-state index contributed by atoms with van der Waals surface area (Å²) in [6.07, 6.45) is 1.98. The summed E-state index contributed by atoms with van der Waals surface area (Å²) in [6, 6.07) is 6.60. The van der Waals surface area contributed by atoms with Crippen LogP contribution in [0, 0.1) is 5.92 Å². The van der Waals surface area contributed by atoms with E-state index in [1.54, 1.807) is 29.2 Å². The van der Waals surface area contributed by atoms with Gasteiger partial charge in [-0.05, 0) is 57.2 Å². The first-order valence-electron chi connectivity index (χ1n) is 7.55. The van der Waals surface area contributed by atoms with Crippen LogP contribution < -0.4 is 0 Å². The molecule has 1 N–H and O–H groups in total. The van der Waals surface area contributed by atoms with Crippen molar-refractivity contribution in [3.63, 3.8) is 0 Å². The first kappa shape index (κ1) is 16.3. The van der Waals surface area contributed by atoms with Gasteiger partial charge in [-0.3, -0.25) is 0 Å². The lowest BCUT2D eigenvalue weighted by atomic mass is 10.1. The number of ether oxygens (including phenoxy) is 1. The number of amides is 1. The first-order chi connectivity index (χ1) is 10.2. The van der Waals surface area contributed by atoms with Gasteiger partial charge in [-0.15, -0.1) is 0 Å². The van der Waals surface area contributed by atoms with E-state index in [0.717, 1.165) is 18.4 Å². The van der Waals surface area contributed by atoms with E-state index in [0.29, 0.717) is 19.0 Å². The maximum Gasteiger partial charge on any atom is 0.410 e. The van der Waals surface area contributed by atoms with Crippen molar-refractivity contribution in [2.75, 3.05) is 6.54 Å². The standard InChI is InChI=1S/C17H23NO4/c1-17(2,3)22-16(21)18(10-12-4-5-12)11-13-6-8-14(9-7-13)15(19)20/h6-9,12H,4-5,10-11H2,1-3H3,(H,19,20). The molecule has 1 aromatic rings. The Kier molecular flexibility index (Phi) is 4.74. The summed E-state index contributed by atoms with van der Waals surface area (Å²) in [5.41, 5.74) is 0.623. The lowest BCUT2D eigenvalue weighted by Gasteiger charge is -2.27. The second-order valence-corrected chi connectivity index (χ2v) is 6.81. The summed E-state index contributed by atoms with van der Waals surface area (Å²) < 4.78 is 5.46. The van der Waals surface area contributed by atoms with E-state index in [9.17, 15) is 9.59 Å². The predicted octanol–water partition coefficient (Wildman–Crippen LogP) is 3.53. The van der Waals surface area contributed by atoms with Gasteiger partial charge in [0.25, 0.3) is 0 Å². The highest BCUT2D eigenvalue weighted by Gasteiger charge is 2.29. The number of rotatable bonds is 5. The second-order valence-electron chi connectivity index (χ2n) is 6.81. The fourth-order valence-corrected chi connectivity index (χ4v) is 2.12. The number of carboxylic acids is 1. The number of hydrogen-bond acceptors (Lipinski definition) is 3. The molecule has 0 spiro atoms. The van der Waals surface area contributed by atoms with Crippen LogP contribution in [0.25, 0.3) is 0 Å². The molecular weight excluding hydrogens is 282 g/mol. The van der Waals surface area contributed by atoms with Crippen molar-refractivity contribution in [1.82, 2.24) is 4.90 Å². The van der Waals surface area contributed by atoms with E-state index in [1.165, 1.54) is 0 Å². The molecule has 0 aromatic heterocycles. The average Bonchev–Trinajstić information content (AvgIpc) is 3.20. The summed E-state index contributed by atoms with van der Waals surface area (Å²) in [5.74, 6) is -0.390. The Morgan fingerprint density at radius 2 is 1.82 bits per heavy atom. The van der Waals surface area contributed by atoms with E-state index >= 15 is 0 Å². The minimum absolute atomic E-state index is 0.245. The fourth-order valence-electron chi connectivity index (χ4n) is 2.12. The van der Waals surface area contributed by atoms with Crippen molar-refractivity contribution in [3.05, 3.63) is 35.4 Å². The van der Waals surface area contributed by atoms with Crippen molar-refractivity contribution < 1.29 is 19.4 Å². The van der Waals surface area contributed by atoms with Gasteiger partial charge in [-0.25, -0.2) is 9.59 Å². The zero-order valence-corrected chi connectivity index (χ0v) is 13.3. The van der Waals surface area contributed by atoms with E-state index in [-0.39, 0.29) is 11.7 Å². The Labute approximate surface area is 130 Å². The minimum atomic E-state index is -0.950. The topological polar surface area (TPSA) is 66.8 Å². The van der Waals surface area contributed by atoms with Crippen molar-refractivity contribution in [2.45, 2.75) is 45.8 Å². The van der Waals surface area contributed by atoms with Gasteiger partial charge < -0.3 is 14.7 Å². The molecule has 22 heavy (non-hydrogen) atoms. The third kappa shape index (κ3) is 5.06. The van der Waals surface area contributed by atoms with Crippen LogP contribution in [0.3, 0.4) is 0 Å². The summed E-state index contributed by atoms with van der Waals surface area (Å²) >= 11 is 0. The number of carboxylic acid groups (broad SMARTS) is 1. The SMILES string of the molecule is CC(C)(C)OC(=O)N(Cc1ccc(C(=O)O)cc1)CC1CC1. The molecule has 1 aliphatic rings. The van der Waals surface area contributed by atoms with Gasteiger partial charge in [0.15, 0.2) is 0 Å². The number of hydrogen-bond donors (Lipinski definition) is 1. The maximum absolute atomic E-state index is 12.3. The summed E-state index contributed by atoms with van der Waals surface area (Å²) in [4.78, 5) is 24.9. The van der Waals surface area contributed by atoms with Gasteiger partial charge in [0, 0.05) is 13.1 Å². The molecule has 0 heterocycles. The molecule has 1 aliphatic carbocycles. The highest BCUT2D eigenvalue weighted by Crippen LogP contribution is 2.30. The molecule has 5 heteroatoms. The third-order valence-corrected chi connectivity index (χ3v) is 3.40. The van der Waals surface area contributed by atoms with Crippen LogP contribution in [0.2, 0.25) is 0 Å². The van der Waals surface area contributed by atoms with Gasteiger partial charge in [0.05, 0.1) is 5.56 Å². The average molecular weight is 305 g/mol. The maximum atomic E-state index is 12.3. The van der Waals surface area contributed by atoms with Crippen LogP contribution >= 0.6 is 0 Å². The first-order valence-corrected chi connectivity index (χ1v) is 7.55. The van der Waals surface area contributed by atoms with Crippen LogP contribution in [-0.2, 0) is 11.3 Å². The quantitative estimate of drug-likeness (QED) is 0.903. The van der Waals surface area contributed by atoms with Crippen LogP contribution in [0.1, 0.15) is 49.5 Å². The van der Waals surface area contributed by atoms with Crippen LogP contribution in [0.15, 0.2) is 24.3 Å². The minimum Gasteiger partial charge on any atom is -0.478 e. The Morgan fingerprint density at radius 3 is 2.27 bits per heavy atom. The van der Waals surface area contributed by atoms with Crippen molar-refractivity contribution in [1.29, 1.82) is 0 Å². The van der Waals surface area contributed by atoms with Gasteiger partial charge in [0.2, 0.25) is 0 Å². The zero-order chi connectivity index (χ0) is 16.3. The van der Waals surface area contributed by atoms with Gasteiger partial charge in [0.1, 0.15) is 5.60 Å². The zero-order valence-electron chi connectivity index (χ0n) is 13.3. The molecule has 0 saturated heterocycles. The van der Waals surface area contributed by atoms with E-state index in [4.69, 9.17) is 9.84 Å². The fraction of sp³-hybridized carbons (Fsp3) is 0.529. The molecule has 2 rings (SSSR count). The van der Waals surface area contributed by atoms with Crippen LogP contribution in [-0.4, -0.2) is 34.2 Å². The normalized spacial score (nSPS) is 14.5. The van der Waals surface area contributed by atoms with Gasteiger partial charge in [-0.2, -0.15) is 0 Å². The molecule has 0 bridgehead atoms. The molecule has 5 nitrogen and oxygen atoms in total. The molecule has 0 atom stereocenters. The number of carbonyl (C=O) groups is 2. The largest absolute Gasteiger partial charge is 0.478 e. The Balaban J connectivity index is 2.05. The molecule has 0 unspecified atom stereocenters. The molecule has 0 aliphatic heterocycles. The molecule has 120 valence electrons. The molecule has 1 fully saturated rings. The summed E-state index contributed by atoms with van der Waals surface area (Å²) in [6.45, 7) is 6.67. The highest BCUT2D eigenvalue weighted by atomic mass is 16.6. The van der Waals surface area contributed by atoms with Crippen molar-refractivity contribution in [2.24, 2.45) is 5.92 Å². The molecule has 1 amide bonds. The number of aromatic carboxylic acids is 1. The Morgan fingerprint density at radius 1 is 1.23 bits per heavy atom. The predicted molar refractivity (Wildman–Crippen MR) is 82.8 cm³/mol. The highest BCUT2D eigenvalue weighted by molar-refractivity contribution is 5.87.